The second-order valence-electron chi connectivity index (χ2n) is 9.09. The zero-order valence-electron chi connectivity index (χ0n) is 17.6. The molecule has 1 aromatic rings. The van der Waals surface area contributed by atoms with Gasteiger partial charge in [-0.3, -0.25) is 14.4 Å². The summed E-state index contributed by atoms with van der Waals surface area (Å²) in [6.07, 6.45) is 3.51. The van der Waals surface area contributed by atoms with Gasteiger partial charge in [-0.05, 0) is 30.5 Å². The molecule has 0 aliphatic carbocycles. The van der Waals surface area contributed by atoms with Crippen LogP contribution < -0.4 is 0 Å². The van der Waals surface area contributed by atoms with Crippen LogP contribution in [0.3, 0.4) is 0 Å². The first kappa shape index (κ1) is 19.3. The number of carbonyl (C=O) groups excluding carboxylic acids is 3. The summed E-state index contributed by atoms with van der Waals surface area (Å²) in [5.41, 5.74) is 2.77. The van der Waals surface area contributed by atoms with Crippen molar-refractivity contribution in [3.63, 3.8) is 0 Å². The van der Waals surface area contributed by atoms with E-state index in [1.165, 1.54) is 11.1 Å². The first-order valence-electron chi connectivity index (χ1n) is 10.5. The molecular formula is C23H27N3O4. The van der Waals surface area contributed by atoms with Crippen molar-refractivity contribution in [3.8, 4) is 0 Å². The molecule has 0 N–H and O–H groups in total. The van der Waals surface area contributed by atoms with Gasteiger partial charge in [-0.2, -0.15) is 0 Å². The van der Waals surface area contributed by atoms with Crippen LogP contribution in [-0.4, -0.2) is 77.4 Å². The summed E-state index contributed by atoms with van der Waals surface area (Å²) >= 11 is 0. The fourth-order valence-corrected chi connectivity index (χ4v) is 5.27. The van der Waals surface area contributed by atoms with Crippen LogP contribution in [-0.2, 0) is 25.7 Å². The first-order valence-corrected chi connectivity index (χ1v) is 10.5. The molecule has 158 valence electrons. The predicted molar refractivity (Wildman–Crippen MR) is 109 cm³/mol. The topological polar surface area (TPSA) is 70.2 Å². The van der Waals surface area contributed by atoms with E-state index in [0.29, 0.717) is 26.2 Å². The van der Waals surface area contributed by atoms with Gasteiger partial charge in [-0.15, -0.1) is 0 Å². The van der Waals surface area contributed by atoms with E-state index in [2.05, 4.69) is 26.0 Å². The number of carbonyl (C=O) groups is 3. The van der Waals surface area contributed by atoms with Gasteiger partial charge < -0.3 is 19.4 Å². The summed E-state index contributed by atoms with van der Waals surface area (Å²) in [6, 6.07) is 6.23. The Morgan fingerprint density at radius 3 is 2.73 bits per heavy atom. The summed E-state index contributed by atoms with van der Waals surface area (Å²) in [4.78, 5) is 43.9. The number of nitrogens with zero attached hydrogens (tertiary/aromatic N) is 3. The molecule has 4 aliphatic rings. The molecule has 3 amide bonds. The van der Waals surface area contributed by atoms with Crippen LogP contribution in [0.15, 0.2) is 30.4 Å². The monoisotopic (exact) mass is 409 g/mol. The number of likely N-dealkylation sites (tertiary alicyclic amines) is 1. The van der Waals surface area contributed by atoms with Crippen LogP contribution in [0.1, 0.15) is 16.7 Å². The quantitative estimate of drug-likeness (QED) is 0.695. The Hall–Kier alpha value is -2.67. The van der Waals surface area contributed by atoms with E-state index >= 15 is 0 Å². The maximum Gasteiger partial charge on any atom is 0.241 e. The van der Waals surface area contributed by atoms with Crippen molar-refractivity contribution in [2.24, 2.45) is 11.8 Å². The van der Waals surface area contributed by atoms with Crippen molar-refractivity contribution in [1.29, 1.82) is 0 Å². The van der Waals surface area contributed by atoms with Crippen molar-refractivity contribution >= 4 is 17.7 Å². The highest BCUT2D eigenvalue weighted by Gasteiger charge is 2.67. The molecule has 0 radical (unpaired) electrons. The molecule has 5 rings (SSSR count). The molecule has 3 saturated heterocycles. The zero-order chi connectivity index (χ0) is 21.2. The number of hydrogen-bond donors (Lipinski definition) is 0. The van der Waals surface area contributed by atoms with Gasteiger partial charge in [-0.25, -0.2) is 0 Å². The van der Waals surface area contributed by atoms with Crippen LogP contribution in [0, 0.1) is 25.7 Å². The molecule has 4 heterocycles. The normalized spacial score (nSPS) is 32.4. The lowest BCUT2D eigenvalue weighted by atomic mass is 9.76. The minimum Gasteiger partial charge on any atom is -0.360 e. The summed E-state index contributed by atoms with van der Waals surface area (Å²) in [7, 11) is 1.74. The number of piperazine rings is 1. The lowest BCUT2D eigenvalue weighted by Gasteiger charge is -2.35. The molecule has 1 aromatic carbocycles. The Kier molecular flexibility index (Phi) is 4.29. The smallest absolute Gasteiger partial charge is 0.241 e. The molecule has 7 nitrogen and oxygen atoms in total. The number of aryl methyl sites for hydroxylation is 2. The van der Waals surface area contributed by atoms with Gasteiger partial charge in [0.05, 0.1) is 31.0 Å². The summed E-state index contributed by atoms with van der Waals surface area (Å²) in [5, 5.41) is 0. The number of ether oxygens (including phenoxy) is 1. The van der Waals surface area contributed by atoms with Crippen molar-refractivity contribution in [1.82, 2.24) is 14.7 Å². The van der Waals surface area contributed by atoms with E-state index in [4.69, 9.17) is 4.74 Å². The Morgan fingerprint density at radius 2 is 2.00 bits per heavy atom. The third kappa shape index (κ3) is 2.79. The summed E-state index contributed by atoms with van der Waals surface area (Å²) in [5.74, 6) is -1.30. The van der Waals surface area contributed by atoms with Gasteiger partial charge in [-0.1, -0.05) is 30.4 Å². The third-order valence-electron chi connectivity index (χ3n) is 7.18. The molecule has 4 atom stereocenters. The number of benzene rings is 1. The van der Waals surface area contributed by atoms with Gasteiger partial charge in [0, 0.05) is 26.7 Å². The number of amides is 3. The van der Waals surface area contributed by atoms with Crippen molar-refractivity contribution in [2.75, 3.05) is 33.2 Å². The summed E-state index contributed by atoms with van der Waals surface area (Å²) in [6.45, 7) is 6.19. The average Bonchev–Trinajstić information content (AvgIpc) is 3.35. The Morgan fingerprint density at radius 1 is 1.20 bits per heavy atom. The lowest BCUT2D eigenvalue weighted by molar-refractivity contribution is -0.149. The molecule has 4 aliphatic heterocycles. The SMILES string of the molecule is Cc1ccc(CN2C[C@@]34C=C[C@@H](O3)C(C(=O)N3CCN(C)C(=O)C3)C4C2=O)cc1C. The van der Waals surface area contributed by atoms with Crippen LogP contribution in [0.4, 0.5) is 0 Å². The third-order valence-corrected chi connectivity index (χ3v) is 7.18. The van der Waals surface area contributed by atoms with Crippen LogP contribution in [0.25, 0.3) is 0 Å². The van der Waals surface area contributed by atoms with E-state index in [-0.39, 0.29) is 30.4 Å². The van der Waals surface area contributed by atoms with Crippen molar-refractivity contribution in [2.45, 2.75) is 32.1 Å². The van der Waals surface area contributed by atoms with Crippen LogP contribution in [0.5, 0.6) is 0 Å². The van der Waals surface area contributed by atoms with E-state index in [1.54, 1.807) is 16.8 Å². The highest BCUT2D eigenvalue weighted by atomic mass is 16.5. The maximum atomic E-state index is 13.4. The van der Waals surface area contributed by atoms with Gasteiger partial charge in [0.25, 0.3) is 0 Å². The fourth-order valence-electron chi connectivity index (χ4n) is 5.27. The highest BCUT2D eigenvalue weighted by Crippen LogP contribution is 2.52. The average molecular weight is 409 g/mol. The maximum absolute atomic E-state index is 13.4. The molecule has 2 unspecified atom stereocenters. The Balaban J connectivity index is 1.38. The molecule has 0 saturated carbocycles. The standard InChI is InChI=1S/C23H27N3O4/c1-14-4-5-16(10-15(14)2)11-26-13-23-7-6-17(30-23)19(20(23)22(26)29)21(28)25-9-8-24(3)18(27)12-25/h4-7,10,17,19-20H,8-9,11-13H2,1-3H3/t17-,19?,20?,23-/m1/s1. The molecule has 1 spiro atoms. The molecule has 3 fully saturated rings. The lowest BCUT2D eigenvalue weighted by Crippen LogP contribution is -2.54. The molecule has 30 heavy (non-hydrogen) atoms. The van der Waals surface area contributed by atoms with Crippen molar-refractivity contribution in [3.05, 3.63) is 47.0 Å². The number of rotatable bonds is 3. The molecule has 0 aromatic heterocycles. The highest BCUT2D eigenvalue weighted by molar-refractivity contribution is 5.94. The minimum atomic E-state index is -0.724. The Labute approximate surface area is 176 Å². The van der Waals surface area contributed by atoms with Gasteiger partial charge in [0.2, 0.25) is 17.7 Å². The second-order valence-corrected chi connectivity index (χ2v) is 9.09. The van der Waals surface area contributed by atoms with Gasteiger partial charge in [0.1, 0.15) is 5.60 Å². The van der Waals surface area contributed by atoms with E-state index in [9.17, 15) is 14.4 Å². The Bertz CT molecular complexity index is 973. The van der Waals surface area contributed by atoms with E-state index in [1.807, 2.05) is 23.1 Å². The van der Waals surface area contributed by atoms with E-state index < -0.39 is 17.4 Å². The fraction of sp³-hybridized carbons (Fsp3) is 0.522. The predicted octanol–water partition coefficient (Wildman–Crippen LogP) is 0.886. The molecular weight excluding hydrogens is 382 g/mol. The number of likely N-dealkylation sites (N-methyl/N-ethyl adjacent to an activating group) is 1. The zero-order valence-corrected chi connectivity index (χ0v) is 17.6. The summed E-state index contributed by atoms with van der Waals surface area (Å²) < 4.78 is 6.22. The van der Waals surface area contributed by atoms with Gasteiger partial charge in [0.15, 0.2) is 0 Å². The van der Waals surface area contributed by atoms with E-state index in [0.717, 1.165) is 5.56 Å². The largest absolute Gasteiger partial charge is 0.360 e. The van der Waals surface area contributed by atoms with Crippen molar-refractivity contribution < 1.29 is 19.1 Å². The van der Waals surface area contributed by atoms with Gasteiger partial charge >= 0.3 is 0 Å². The van der Waals surface area contributed by atoms with Crippen LogP contribution in [0.2, 0.25) is 0 Å². The minimum absolute atomic E-state index is 0.0288. The first-order chi connectivity index (χ1) is 14.3. The molecule has 2 bridgehead atoms. The molecule has 7 heteroatoms. The van der Waals surface area contributed by atoms with Crippen LogP contribution >= 0.6 is 0 Å². The second kappa shape index (κ2) is 6.67. The number of fused-ring (bicyclic) bond motifs is 1. The number of hydrogen-bond acceptors (Lipinski definition) is 4.